The van der Waals surface area contributed by atoms with Crippen LogP contribution in [0, 0.1) is 12.8 Å². The molecule has 10 heteroatoms. The van der Waals surface area contributed by atoms with Crippen molar-refractivity contribution in [2.75, 3.05) is 17.2 Å². The number of fused-ring (bicyclic) bond motifs is 1. The zero-order valence-corrected chi connectivity index (χ0v) is 19.8. The van der Waals surface area contributed by atoms with Crippen LogP contribution < -0.4 is 10.6 Å². The molecular formula is C23H30N6O3S. The molecule has 2 saturated carbocycles. The normalized spacial score (nSPS) is 25.2. The van der Waals surface area contributed by atoms with Crippen LogP contribution in [0.4, 0.5) is 11.8 Å². The van der Waals surface area contributed by atoms with Crippen LogP contribution in [-0.4, -0.2) is 66.2 Å². The number of pyridine rings is 1. The van der Waals surface area contributed by atoms with Crippen molar-refractivity contribution in [1.29, 1.82) is 0 Å². The largest absolute Gasteiger partial charge is 0.396 e. The fourth-order valence-corrected chi connectivity index (χ4v) is 5.50. The third kappa shape index (κ3) is 4.28. The van der Waals surface area contributed by atoms with E-state index >= 15 is 0 Å². The first kappa shape index (κ1) is 22.4. The molecule has 0 bridgehead atoms. The number of aromatic nitrogens is 4. The van der Waals surface area contributed by atoms with Gasteiger partial charge in [-0.3, -0.25) is 4.98 Å². The average Bonchev–Trinajstić information content (AvgIpc) is 3.42. The lowest BCUT2D eigenvalue weighted by Crippen LogP contribution is -2.35. The fraction of sp³-hybridized carbons (Fsp3) is 0.565. The molecule has 2 aliphatic rings. The van der Waals surface area contributed by atoms with Gasteiger partial charge in [-0.25, -0.2) is 9.97 Å². The van der Waals surface area contributed by atoms with E-state index in [1.54, 1.807) is 11.3 Å². The monoisotopic (exact) mass is 470 g/mol. The number of anilines is 2. The average molecular weight is 471 g/mol. The number of aryl methyl sites for hydroxylation is 1. The van der Waals surface area contributed by atoms with Crippen LogP contribution in [0.5, 0.6) is 0 Å². The Kier molecular flexibility index (Phi) is 5.94. The molecule has 0 spiro atoms. The SMILES string of the molecule is Cc1nc(NC2CC2)nc(N[C@@H]2C[C@H](CO)[C@@H](O)[C@H]2O)c1-c1nc2c(C(C)C)nccc2s1. The molecule has 0 saturated heterocycles. The minimum atomic E-state index is -1.00. The van der Waals surface area contributed by atoms with Crippen molar-refractivity contribution < 1.29 is 15.3 Å². The first-order chi connectivity index (χ1) is 15.9. The number of thiazole rings is 1. The summed E-state index contributed by atoms with van der Waals surface area (Å²) in [6, 6.07) is 1.92. The minimum absolute atomic E-state index is 0.177. The Bertz CT molecular complexity index is 1160. The van der Waals surface area contributed by atoms with E-state index in [0.29, 0.717) is 24.2 Å². The van der Waals surface area contributed by atoms with E-state index in [4.69, 9.17) is 15.0 Å². The van der Waals surface area contributed by atoms with Crippen LogP contribution in [0.2, 0.25) is 0 Å². The third-order valence-electron chi connectivity index (χ3n) is 6.46. The molecule has 0 aromatic carbocycles. The highest BCUT2D eigenvalue weighted by molar-refractivity contribution is 7.21. The number of aliphatic hydroxyl groups is 3. The van der Waals surface area contributed by atoms with Crippen LogP contribution in [0.15, 0.2) is 12.3 Å². The van der Waals surface area contributed by atoms with Crippen LogP contribution >= 0.6 is 11.3 Å². The van der Waals surface area contributed by atoms with E-state index in [1.807, 2.05) is 19.2 Å². The number of aliphatic hydroxyl groups excluding tert-OH is 3. The van der Waals surface area contributed by atoms with Gasteiger partial charge in [-0.1, -0.05) is 13.8 Å². The summed E-state index contributed by atoms with van der Waals surface area (Å²) < 4.78 is 1.05. The van der Waals surface area contributed by atoms with Gasteiger partial charge < -0.3 is 26.0 Å². The van der Waals surface area contributed by atoms with Gasteiger partial charge in [-0.15, -0.1) is 11.3 Å². The molecule has 0 amide bonds. The van der Waals surface area contributed by atoms with Crippen molar-refractivity contribution in [2.45, 2.75) is 70.2 Å². The molecule has 5 N–H and O–H groups in total. The summed E-state index contributed by atoms with van der Waals surface area (Å²) in [7, 11) is 0. The van der Waals surface area contributed by atoms with Crippen LogP contribution in [-0.2, 0) is 0 Å². The van der Waals surface area contributed by atoms with Gasteiger partial charge in [-0.05, 0) is 38.2 Å². The van der Waals surface area contributed by atoms with Crippen molar-refractivity contribution >= 4 is 33.3 Å². The van der Waals surface area contributed by atoms with Gasteiger partial charge in [0, 0.05) is 24.8 Å². The highest BCUT2D eigenvalue weighted by atomic mass is 32.1. The number of hydrogen-bond acceptors (Lipinski definition) is 10. The van der Waals surface area contributed by atoms with E-state index < -0.39 is 18.2 Å². The second-order valence-electron chi connectivity index (χ2n) is 9.40. The van der Waals surface area contributed by atoms with Crippen molar-refractivity contribution in [3.8, 4) is 10.6 Å². The second kappa shape index (κ2) is 8.75. The van der Waals surface area contributed by atoms with Gasteiger partial charge in [0.25, 0.3) is 0 Å². The van der Waals surface area contributed by atoms with E-state index in [0.717, 1.165) is 45.0 Å². The van der Waals surface area contributed by atoms with Gasteiger partial charge in [0.1, 0.15) is 22.4 Å². The van der Waals surface area contributed by atoms with Gasteiger partial charge in [0.2, 0.25) is 5.95 Å². The maximum Gasteiger partial charge on any atom is 0.225 e. The Morgan fingerprint density at radius 2 is 1.91 bits per heavy atom. The van der Waals surface area contributed by atoms with Gasteiger partial charge in [0.15, 0.2) is 0 Å². The smallest absolute Gasteiger partial charge is 0.225 e. The molecular weight excluding hydrogens is 440 g/mol. The second-order valence-corrected chi connectivity index (χ2v) is 10.4. The predicted molar refractivity (Wildman–Crippen MR) is 129 cm³/mol. The summed E-state index contributed by atoms with van der Waals surface area (Å²) in [5.41, 5.74) is 3.40. The molecule has 0 aliphatic heterocycles. The van der Waals surface area contributed by atoms with E-state index in [1.165, 1.54) is 0 Å². The first-order valence-electron chi connectivity index (χ1n) is 11.5. The van der Waals surface area contributed by atoms with E-state index in [2.05, 4.69) is 29.5 Å². The van der Waals surface area contributed by atoms with Crippen molar-refractivity contribution in [3.63, 3.8) is 0 Å². The quantitative estimate of drug-likeness (QED) is 0.353. The molecule has 176 valence electrons. The number of nitrogens with zero attached hydrogens (tertiary/aromatic N) is 4. The summed E-state index contributed by atoms with van der Waals surface area (Å²) in [5, 5.41) is 37.9. The molecule has 0 radical (unpaired) electrons. The summed E-state index contributed by atoms with van der Waals surface area (Å²) in [4.78, 5) is 18.9. The zero-order valence-electron chi connectivity index (χ0n) is 19.0. The molecule has 3 aromatic heterocycles. The van der Waals surface area contributed by atoms with Crippen molar-refractivity contribution in [1.82, 2.24) is 19.9 Å². The molecule has 2 aliphatic carbocycles. The number of rotatable bonds is 7. The standard InChI is InChI=1S/C23H30N6O3S/c1-10(2)17-18-15(6-7-24-17)33-22(28-18)16-11(3)25-23(26-13-4-5-13)29-21(16)27-14-8-12(9-30)19(31)20(14)32/h6-7,10,12-14,19-20,30-32H,4-5,8-9H2,1-3H3,(H2,25,26,27,29)/t12-,14-,19-,20+/m1/s1. The molecule has 2 fully saturated rings. The lowest BCUT2D eigenvalue weighted by Gasteiger charge is -2.21. The lowest BCUT2D eigenvalue weighted by atomic mass is 10.1. The summed E-state index contributed by atoms with van der Waals surface area (Å²) in [6.07, 6.45) is 2.47. The fourth-order valence-electron chi connectivity index (χ4n) is 4.44. The van der Waals surface area contributed by atoms with Gasteiger partial charge in [0.05, 0.1) is 33.8 Å². The van der Waals surface area contributed by atoms with Crippen LogP contribution in [0.1, 0.15) is 50.4 Å². The summed E-state index contributed by atoms with van der Waals surface area (Å²) >= 11 is 1.56. The molecule has 3 aromatic rings. The molecule has 0 unspecified atom stereocenters. The van der Waals surface area contributed by atoms with Crippen molar-refractivity contribution in [3.05, 3.63) is 23.7 Å². The molecule has 9 nitrogen and oxygen atoms in total. The number of nitrogens with one attached hydrogen (secondary N) is 2. The Hall–Kier alpha value is -2.40. The maximum atomic E-state index is 10.6. The number of hydrogen-bond donors (Lipinski definition) is 5. The lowest BCUT2D eigenvalue weighted by molar-refractivity contribution is 0.00446. The molecule has 5 rings (SSSR count). The zero-order chi connectivity index (χ0) is 23.3. The molecule has 4 atom stereocenters. The highest BCUT2D eigenvalue weighted by Crippen LogP contribution is 2.39. The Morgan fingerprint density at radius 1 is 1.12 bits per heavy atom. The van der Waals surface area contributed by atoms with E-state index in [-0.39, 0.29) is 18.4 Å². The summed E-state index contributed by atoms with van der Waals surface area (Å²) in [6.45, 7) is 5.96. The first-order valence-corrected chi connectivity index (χ1v) is 12.3. The topological polar surface area (TPSA) is 136 Å². The Morgan fingerprint density at radius 3 is 2.58 bits per heavy atom. The molecule has 33 heavy (non-hydrogen) atoms. The maximum absolute atomic E-state index is 10.6. The predicted octanol–water partition coefficient (Wildman–Crippen LogP) is 2.67. The van der Waals surface area contributed by atoms with Crippen molar-refractivity contribution in [2.24, 2.45) is 5.92 Å². The van der Waals surface area contributed by atoms with Crippen LogP contribution in [0.25, 0.3) is 20.8 Å². The minimum Gasteiger partial charge on any atom is -0.396 e. The third-order valence-corrected chi connectivity index (χ3v) is 7.49. The molecule has 3 heterocycles. The van der Waals surface area contributed by atoms with E-state index in [9.17, 15) is 15.3 Å². The Labute approximate surface area is 196 Å². The van der Waals surface area contributed by atoms with Crippen LogP contribution in [0.3, 0.4) is 0 Å². The van der Waals surface area contributed by atoms with Gasteiger partial charge in [-0.2, -0.15) is 4.98 Å². The highest BCUT2D eigenvalue weighted by Gasteiger charge is 2.41. The Balaban J connectivity index is 1.58. The van der Waals surface area contributed by atoms with Gasteiger partial charge >= 0.3 is 0 Å². The summed E-state index contributed by atoms with van der Waals surface area (Å²) in [5.74, 6) is 0.974.